The van der Waals surface area contributed by atoms with E-state index in [0.717, 1.165) is 35.1 Å². The quantitative estimate of drug-likeness (QED) is 0.676. The third-order valence-electron chi connectivity index (χ3n) is 6.97. The summed E-state index contributed by atoms with van der Waals surface area (Å²) in [6.45, 7) is 0.719. The second kappa shape index (κ2) is 5.77. The molecule has 6 rings (SSSR count). The van der Waals surface area contributed by atoms with Crippen LogP contribution < -0.4 is 10.2 Å². The molecule has 7 heteroatoms. The van der Waals surface area contributed by atoms with Crippen LogP contribution in [0.5, 0.6) is 0 Å². The van der Waals surface area contributed by atoms with Crippen LogP contribution in [0.25, 0.3) is 0 Å². The SMILES string of the molecule is O=C1[C@H]2[C@@H](C(=O)N1c1cccc(Br)c1)[C@]1(C(=O)Nc3ccccc31)N1CCC[C@@H]21. The third kappa shape index (κ3) is 1.97. The maximum Gasteiger partial charge on any atom is 0.250 e. The number of carbonyl (C=O) groups excluding carboxylic acids is 3. The Morgan fingerprint density at radius 1 is 1.03 bits per heavy atom. The number of para-hydroxylation sites is 1. The minimum atomic E-state index is -1.10. The summed E-state index contributed by atoms with van der Waals surface area (Å²) in [4.78, 5) is 44.2. The molecule has 0 bridgehead atoms. The second-order valence-electron chi connectivity index (χ2n) is 8.16. The van der Waals surface area contributed by atoms with Gasteiger partial charge in [-0.05, 0) is 43.7 Å². The Hall–Kier alpha value is -2.51. The minimum absolute atomic E-state index is 0.0921. The van der Waals surface area contributed by atoms with Crippen LogP contribution in [0.4, 0.5) is 11.4 Å². The largest absolute Gasteiger partial charge is 0.324 e. The van der Waals surface area contributed by atoms with Crippen molar-refractivity contribution in [2.75, 3.05) is 16.8 Å². The molecule has 2 aromatic rings. The number of benzene rings is 2. The second-order valence-corrected chi connectivity index (χ2v) is 9.08. The number of carbonyl (C=O) groups is 3. The van der Waals surface area contributed by atoms with Gasteiger partial charge in [-0.2, -0.15) is 0 Å². The van der Waals surface area contributed by atoms with Gasteiger partial charge in [0.25, 0.3) is 0 Å². The first kappa shape index (κ1) is 17.4. The van der Waals surface area contributed by atoms with E-state index in [1.807, 2.05) is 36.4 Å². The van der Waals surface area contributed by atoms with Crippen LogP contribution in [0.3, 0.4) is 0 Å². The summed E-state index contributed by atoms with van der Waals surface area (Å²) < 4.78 is 0.800. The van der Waals surface area contributed by atoms with Crippen LogP contribution >= 0.6 is 15.9 Å². The lowest BCUT2D eigenvalue weighted by molar-refractivity contribution is -0.135. The van der Waals surface area contributed by atoms with Crippen molar-refractivity contribution >= 4 is 45.0 Å². The molecule has 3 amide bonds. The molecule has 146 valence electrons. The average molecular weight is 452 g/mol. The molecule has 0 aromatic heterocycles. The summed E-state index contributed by atoms with van der Waals surface area (Å²) in [6.07, 6.45) is 1.74. The molecule has 4 atom stereocenters. The van der Waals surface area contributed by atoms with Crippen LogP contribution in [0.15, 0.2) is 53.0 Å². The first-order valence-electron chi connectivity index (χ1n) is 9.86. The number of nitrogens with one attached hydrogen (secondary N) is 1. The van der Waals surface area contributed by atoms with Crippen molar-refractivity contribution in [3.05, 3.63) is 58.6 Å². The van der Waals surface area contributed by atoms with Gasteiger partial charge < -0.3 is 5.32 Å². The average Bonchev–Trinajstić information content (AvgIpc) is 3.40. The topological polar surface area (TPSA) is 69.7 Å². The highest BCUT2D eigenvalue weighted by molar-refractivity contribution is 9.10. The van der Waals surface area contributed by atoms with Gasteiger partial charge in [0.15, 0.2) is 0 Å². The van der Waals surface area contributed by atoms with Gasteiger partial charge in [0, 0.05) is 21.8 Å². The summed E-state index contributed by atoms with van der Waals surface area (Å²) >= 11 is 3.42. The van der Waals surface area contributed by atoms with Crippen molar-refractivity contribution in [1.82, 2.24) is 4.90 Å². The van der Waals surface area contributed by atoms with Gasteiger partial charge in [0.05, 0.1) is 17.5 Å². The Morgan fingerprint density at radius 2 is 1.86 bits per heavy atom. The van der Waals surface area contributed by atoms with Crippen LogP contribution in [0, 0.1) is 11.8 Å². The van der Waals surface area contributed by atoms with E-state index in [1.54, 1.807) is 12.1 Å². The van der Waals surface area contributed by atoms with Crippen molar-refractivity contribution in [2.24, 2.45) is 11.8 Å². The summed E-state index contributed by atoms with van der Waals surface area (Å²) in [7, 11) is 0. The lowest BCUT2D eigenvalue weighted by atomic mass is 9.75. The van der Waals surface area contributed by atoms with Gasteiger partial charge >= 0.3 is 0 Å². The zero-order valence-electron chi connectivity index (χ0n) is 15.5. The van der Waals surface area contributed by atoms with Gasteiger partial charge in [-0.15, -0.1) is 0 Å². The molecule has 29 heavy (non-hydrogen) atoms. The van der Waals surface area contributed by atoms with E-state index in [4.69, 9.17) is 0 Å². The normalized spacial score (nSPS) is 32.7. The number of halogens is 1. The highest BCUT2D eigenvalue weighted by atomic mass is 79.9. The fraction of sp³-hybridized carbons (Fsp3) is 0.318. The maximum atomic E-state index is 13.7. The molecule has 6 nitrogen and oxygen atoms in total. The van der Waals surface area contributed by atoms with Crippen molar-refractivity contribution in [3.8, 4) is 0 Å². The Labute approximate surface area is 176 Å². The maximum absolute atomic E-state index is 13.7. The molecule has 4 aliphatic heterocycles. The molecule has 1 N–H and O–H groups in total. The van der Waals surface area contributed by atoms with E-state index in [0.29, 0.717) is 5.69 Å². The van der Waals surface area contributed by atoms with Crippen molar-refractivity contribution < 1.29 is 14.4 Å². The lowest BCUT2D eigenvalue weighted by Crippen LogP contribution is -2.54. The Balaban J connectivity index is 1.56. The molecule has 0 unspecified atom stereocenters. The molecule has 3 fully saturated rings. The zero-order valence-corrected chi connectivity index (χ0v) is 17.1. The number of imide groups is 1. The van der Waals surface area contributed by atoms with Crippen LogP contribution in [0.1, 0.15) is 18.4 Å². The first-order chi connectivity index (χ1) is 14.0. The third-order valence-corrected chi connectivity index (χ3v) is 7.46. The van der Waals surface area contributed by atoms with Gasteiger partial charge in [-0.25, -0.2) is 4.90 Å². The number of hydrogen-bond acceptors (Lipinski definition) is 4. The predicted octanol–water partition coefficient (Wildman–Crippen LogP) is 2.88. The number of anilines is 2. The monoisotopic (exact) mass is 451 g/mol. The predicted molar refractivity (Wildman–Crippen MR) is 110 cm³/mol. The van der Waals surface area contributed by atoms with Crippen molar-refractivity contribution in [2.45, 2.75) is 24.4 Å². The molecule has 0 radical (unpaired) electrons. The van der Waals surface area contributed by atoms with Crippen molar-refractivity contribution in [3.63, 3.8) is 0 Å². The number of hydrogen-bond donors (Lipinski definition) is 1. The summed E-state index contributed by atoms with van der Waals surface area (Å²) in [5.74, 6) is -1.86. The summed E-state index contributed by atoms with van der Waals surface area (Å²) in [5, 5.41) is 2.98. The molecule has 2 aromatic carbocycles. The molecule has 1 spiro atoms. The van der Waals surface area contributed by atoms with Gasteiger partial charge in [0.1, 0.15) is 5.54 Å². The molecule has 0 aliphatic carbocycles. The fourth-order valence-electron chi connectivity index (χ4n) is 6.03. The molecule has 4 aliphatic rings. The summed E-state index contributed by atoms with van der Waals surface area (Å²) in [6, 6.07) is 14.7. The Morgan fingerprint density at radius 3 is 2.69 bits per heavy atom. The van der Waals surface area contributed by atoms with E-state index in [-0.39, 0.29) is 23.8 Å². The molecular weight excluding hydrogens is 434 g/mol. The minimum Gasteiger partial charge on any atom is -0.324 e. The molecule has 3 saturated heterocycles. The first-order valence-corrected chi connectivity index (χ1v) is 10.7. The highest BCUT2D eigenvalue weighted by Gasteiger charge is 2.74. The van der Waals surface area contributed by atoms with Gasteiger partial charge in [-0.3, -0.25) is 19.3 Å². The standard InChI is InChI=1S/C22H18BrN3O3/c23-12-5-3-6-13(11-12)26-19(27)17-16-9-4-10-25(16)22(18(17)20(26)28)14-7-1-2-8-15(14)24-21(22)29/h1-3,5-8,11,16-18H,4,9-10H2,(H,24,29)/t16-,17+,18-,22+/m0/s1. The van der Waals surface area contributed by atoms with E-state index in [2.05, 4.69) is 26.1 Å². The van der Waals surface area contributed by atoms with Crippen LogP contribution in [-0.2, 0) is 19.9 Å². The van der Waals surface area contributed by atoms with Gasteiger partial charge in [0.2, 0.25) is 17.7 Å². The lowest BCUT2D eigenvalue weighted by Gasteiger charge is -2.36. The zero-order chi connectivity index (χ0) is 19.9. The van der Waals surface area contributed by atoms with Gasteiger partial charge in [-0.1, -0.05) is 40.2 Å². The Kier molecular flexibility index (Phi) is 3.45. The molecular formula is C22H18BrN3O3. The van der Waals surface area contributed by atoms with Crippen molar-refractivity contribution in [1.29, 1.82) is 0 Å². The van der Waals surface area contributed by atoms with Crippen LogP contribution in [0.2, 0.25) is 0 Å². The van der Waals surface area contributed by atoms with E-state index in [9.17, 15) is 14.4 Å². The van der Waals surface area contributed by atoms with E-state index < -0.39 is 17.4 Å². The molecule has 0 saturated carbocycles. The number of fused-ring (bicyclic) bond motifs is 7. The fourth-order valence-corrected chi connectivity index (χ4v) is 6.42. The highest BCUT2D eigenvalue weighted by Crippen LogP contribution is 2.60. The number of rotatable bonds is 1. The number of amides is 3. The van der Waals surface area contributed by atoms with Crippen LogP contribution in [-0.4, -0.2) is 35.2 Å². The Bertz CT molecular complexity index is 1100. The summed E-state index contributed by atoms with van der Waals surface area (Å²) in [5.41, 5.74) is 1.01. The van der Waals surface area contributed by atoms with E-state index in [1.165, 1.54) is 4.90 Å². The molecule has 4 heterocycles. The number of nitrogens with zero attached hydrogens (tertiary/aromatic N) is 2. The smallest absolute Gasteiger partial charge is 0.250 e. The van der Waals surface area contributed by atoms with E-state index >= 15 is 0 Å².